The van der Waals surface area contributed by atoms with Crippen molar-refractivity contribution in [1.29, 1.82) is 0 Å². The van der Waals surface area contributed by atoms with Crippen LogP contribution in [0.15, 0.2) is 60.7 Å². The standard InChI is InChI=1S/C14H11O4S.Al.2H/c15-13(11-7-3-1-4-8-11)14(18-19(16)17)12-9-5-2-6-10-12;;;/h1-10,14H;;;/q-1;+1;;. The van der Waals surface area contributed by atoms with Gasteiger partial charge in [0.15, 0.2) is 5.78 Å². The molecule has 0 spiro atoms. The van der Waals surface area contributed by atoms with Gasteiger partial charge in [-0.05, 0) is 5.56 Å². The number of hydrogen-bond acceptors (Lipinski definition) is 5. The van der Waals surface area contributed by atoms with Gasteiger partial charge in [-0.3, -0.25) is 4.79 Å². The predicted molar refractivity (Wildman–Crippen MR) is 78.3 cm³/mol. The van der Waals surface area contributed by atoms with Crippen LogP contribution in [-0.4, -0.2) is 23.1 Å². The Kier molecular flexibility index (Phi) is 6.62. The second kappa shape index (κ2) is 7.98. The van der Waals surface area contributed by atoms with E-state index in [2.05, 4.69) is 0 Å². The third-order valence-corrected chi connectivity index (χ3v) is 2.92. The fraction of sp³-hybridized carbons (Fsp3) is 0.0714. The number of carbonyl (C=O) groups is 1. The summed E-state index contributed by atoms with van der Waals surface area (Å²) < 4.78 is 26.2. The minimum absolute atomic E-state index is 0. The molecule has 0 aliphatic carbocycles. The van der Waals surface area contributed by atoms with Crippen molar-refractivity contribution in [3.05, 3.63) is 71.8 Å². The van der Waals surface area contributed by atoms with Crippen LogP contribution in [0.5, 0.6) is 0 Å². The van der Waals surface area contributed by atoms with Crippen LogP contribution in [0, 0.1) is 0 Å². The molecule has 2 aromatic carbocycles. The molecule has 0 amide bonds. The fourth-order valence-corrected chi connectivity index (χ4v) is 2.07. The number of hydrogen-bond donors (Lipinski definition) is 0. The van der Waals surface area contributed by atoms with Crippen LogP contribution in [0.1, 0.15) is 22.0 Å². The van der Waals surface area contributed by atoms with Crippen molar-refractivity contribution in [2.75, 3.05) is 0 Å². The summed E-state index contributed by atoms with van der Waals surface area (Å²) in [6, 6.07) is 17.0. The minimum atomic E-state index is -2.76. The fourth-order valence-electron chi connectivity index (χ4n) is 1.71. The van der Waals surface area contributed by atoms with Gasteiger partial charge in [-0.25, -0.2) is 0 Å². The van der Waals surface area contributed by atoms with Gasteiger partial charge in [0.1, 0.15) is 6.10 Å². The molecule has 6 heteroatoms. The van der Waals surface area contributed by atoms with Gasteiger partial charge in [0, 0.05) is 5.56 Å². The van der Waals surface area contributed by atoms with E-state index in [1.54, 1.807) is 60.7 Å². The second-order valence-corrected chi connectivity index (χ2v) is 4.42. The topological polar surface area (TPSA) is 60.4 Å². The van der Waals surface area contributed by atoms with Crippen molar-refractivity contribution in [3.8, 4) is 0 Å². The van der Waals surface area contributed by atoms with E-state index in [1.807, 2.05) is 0 Å². The Balaban J connectivity index is 0.00000200. The third-order valence-electron chi connectivity index (χ3n) is 2.57. The first-order chi connectivity index (χ1) is 9.18. The molecule has 0 aliphatic rings. The number of carbonyl (C=O) groups excluding carboxylic acids is 1. The van der Waals surface area contributed by atoms with Crippen molar-refractivity contribution in [2.45, 2.75) is 6.10 Å². The van der Waals surface area contributed by atoms with E-state index in [0.717, 1.165) is 0 Å². The summed E-state index contributed by atoms with van der Waals surface area (Å²) in [7, 11) is -2.76. The molecule has 102 valence electrons. The second-order valence-electron chi connectivity index (χ2n) is 3.82. The molecule has 0 heterocycles. The Morgan fingerprint density at radius 2 is 1.40 bits per heavy atom. The molecule has 0 N–H and O–H groups in total. The molecule has 0 fully saturated rings. The van der Waals surface area contributed by atoms with Crippen LogP contribution in [0.2, 0.25) is 0 Å². The van der Waals surface area contributed by atoms with E-state index in [9.17, 15) is 13.2 Å². The summed E-state index contributed by atoms with van der Waals surface area (Å²) in [4.78, 5) is 12.3. The average Bonchev–Trinajstić information content (AvgIpc) is 2.46. The Labute approximate surface area is 129 Å². The number of ketones is 1. The maximum absolute atomic E-state index is 12.3. The van der Waals surface area contributed by atoms with Gasteiger partial charge in [0.25, 0.3) is 0 Å². The Morgan fingerprint density at radius 3 is 1.90 bits per heavy atom. The molecular formula is C14H13AlO4S. The van der Waals surface area contributed by atoms with Crippen molar-refractivity contribution in [1.82, 2.24) is 0 Å². The van der Waals surface area contributed by atoms with E-state index in [4.69, 9.17) is 4.18 Å². The van der Waals surface area contributed by atoms with E-state index in [0.29, 0.717) is 11.1 Å². The number of benzene rings is 2. The molecular weight excluding hydrogens is 291 g/mol. The van der Waals surface area contributed by atoms with Crippen LogP contribution in [-0.2, 0) is 23.6 Å². The predicted octanol–water partition coefficient (Wildman–Crippen LogP) is 1.94. The van der Waals surface area contributed by atoms with Crippen LogP contribution in [0.4, 0.5) is 0 Å². The normalized spacial score (nSPS) is 11.7. The van der Waals surface area contributed by atoms with E-state index >= 15 is 0 Å². The monoisotopic (exact) mass is 304 g/mol. The molecule has 20 heavy (non-hydrogen) atoms. The summed E-state index contributed by atoms with van der Waals surface area (Å²) in [5.41, 5.74) is 0.905. The quantitative estimate of drug-likeness (QED) is 0.481. The third kappa shape index (κ3) is 4.29. The van der Waals surface area contributed by atoms with Gasteiger partial charge in [0.05, 0.1) is 11.0 Å². The summed E-state index contributed by atoms with van der Waals surface area (Å²) in [5, 5.41) is 0. The SMILES string of the molecule is O=C(c1ccccc1)C(O[S-](=O)=O)c1ccccc1.[AlH2+]. The molecule has 0 saturated heterocycles. The molecule has 2 rings (SSSR count). The zero-order chi connectivity index (χ0) is 13.7. The van der Waals surface area contributed by atoms with E-state index < -0.39 is 22.9 Å². The molecule has 0 bridgehead atoms. The van der Waals surface area contributed by atoms with Crippen LogP contribution in [0.25, 0.3) is 0 Å². The molecule has 1 atom stereocenters. The molecule has 0 radical (unpaired) electrons. The summed E-state index contributed by atoms with van der Waals surface area (Å²) in [6.45, 7) is 0. The number of rotatable bonds is 5. The van der Waals surface area contributed by atoms with Crippen molar-refractivity contribution in [2.24, 2.45) is 0 Å². The average molecular weight is 304 g/mol. The Bertz CT molecular complexity index is 618. The van der Waals surface area contributed by atoms with Gasteiger partial charge >= 0.3 is 17.4 Å². The summed E-state index contributed by atoms with van der Waals surface area (Å²) in [6.07, 6.45) is -1.15. The Hall–Kier alpha value is -1.45. The first-order valence-electron chi connectivity index (χ1n) is 5.59. The van der Waals surface area contributed by atoms with Gasteiger partial charge in [-0.2, -0.15) is 0 Å². The molecule has 0 aromatic heterocycles. The first-order valence-corrected chi connectivity index (χ1v) is 6.59. The summed E-state index contributed by atoms with van der Waals surface area (Å²) >= 11 is 0. The van der Waals surface area contributed by atoms with Crippen LogP contribution < -0.4 is 0 Å². The molecule has 0 saturated carbocycles. The molecule has 0 aliphatic heterocycles. The maximum atomic E-state index is 12.3. The van der Waals surface area contributed by atoms with Crippen molar-refractivity contribution < 1.29 is 17.4 Å². The van der Waals surface area contributed by atoms with Crippen molar-refractivity contribution in [3.63, 3.8) is 0 Å². The van der Waals surface area contributed by atoms with E-state index in [-0.39, 0.29) is 17.4 Å². The van der Waals surface area contributed by atoms with Crippen LogP contribution >= 0.6 is 0 Å². The summed E-state index contributed by atoms with van der Waals surface area (Å²) in [5.74, 6) is -0.393. The van der Waals surface area contributed by atoms with Gasteiger partial charge in [0.2, 0.25) is 0 Å². The molecule has 2 aromatic rings. The van der Waals surface area contributed by atoms with Gasteiger partial charge in [-0.15, -0.1) is 0 Å². The number of Topliss-reactive ketones (excluding diaryl/α,β-unsaturated/α-hetero) is 1. The van der Waals surface area contributed by atoms with Crippen LogP contribution in [0.3, 0.4) is 0 Å². The van der Waals surface area contributed by atoms with Gasteiger partial charge < -0.3 is 12.6 Å². The van der Waals surface area contributed by atoms with Gasteiger partial charge in [-0.1, -0.05) is 60.7 Å². The zero-order valence-electron chi connectivity index (χ0n) is 10.9. The Morgan fingerprint density at radius 1 is 0.900 bits per heavy atom. The first kappa shape index (κ1) is 16.6. The molecule has 4 nitrogen and oxygen atoms in total. The van der Waals surface area contributed by atoms with E-state index in [1.165, 1.54) is 0 Å². The molecule has 1 unspecified atom stereocenters. The van der Waals surface area contributed by atoms with Crippen molar-refractivity contribution >= 4 is 34.1 Å². The zero-order valence-corrected chi connectivity index (χ0v) is 13.7.